The van der Waals surface area contributed by atoms with Crippen molar-refractivity contribution in [3.63, 3.8) is 0 Å². The van der Waals surface area contributed by atoms with Crippen molar-refractivity contribution >= 4 is 34.4 Å². The lowest BCUT2D eigenvalue weighted by Crippen LogP contribution is -2.56. The number of hydrogen-bond donors (Lipinski definition) is 1. The van der Waals surface area contributed by atoms with Gasteiger partial charge in [0.15, 0.2) is 0 Å². The number of aliphatic hydroxyl groups is 1. The molecule has 2 bridgehead atoms. The van der Waals surface area contributed by atoms with Gasteiger partial charge in [-0.2, -0.15) is 0 Å². The highest BCUT2D eigenvalue weighted by Crippen LogP contribution is 2.63. The summed E-state index contributed by atoms with van der Waals surface area (Å²) in [5.41, 5.74) is 0.0217. The van der Waals surface area contributed by atoms with Crippen LogP contribution in [0.4, 0.5) is 5.69 Å². The van der Waals surface area contributed by atoms with Crippen molar-refractivity contribution in [3.8, 4) is 5.75 Å². The first-order chi connectivity index (χ1) is 24.2. The van der Waals surface area contributed by atoms with E-state index >= 15 is 0 Å². The van der Waals surface area contributed by atoms with Crippen molar-refractivity contribution in [2.45, 2.75) is 76.3 Å². The lowest BCUT2D eigenvalue weighted by atomic mass is 9.66. The highest BCUT2D eigenvalue weighted by molar-refractivity contribution is 6.03. The molecular weight excluding hydrogens is 636 g/mol. The number of rotatable bonds is 17. The molecule has 3 aromatic rings. The summed E-state index contributed by atoms with van der Waals surface area (Å²) < 4.78 is 14.2. The van der Waals surface area contributed by atoms with Gasteiger partial charge >= 0.3 is 0 Å². The highest BCUT2D eigenvalue weighted by Gasteiger charge is 2.78. The molecule has 3 aliphatic rings. The molecule has 2 aromatic carbocycles. The van der Waals surface area contributed by atoms with Gasteiger partial charge in [-0.25, -0.2) is 4.68 Å². The second kappa shape index (κ2) is 14.7. The first kappa shape index (κ1) is 35.3. The molecule has 0 aliphatic carbocycles. The number of unbranched alkanes of at least 4 members (excludes halogenated alkanes) is 3. The van der Waals surface area contributed by atoms with Gasteiger partial charge < -0.3 is 29.3 Å². The Balaban J connectivity index is 1.36. The molecule has 6 rings (SSSR count). The molecule has 1 N–H and O–H groups in total. The van der Waals surface area contributed by atoms with Crippen LogP contribution in [0.3, 0.4) is 0 Å². The Hall–Kier alpha value is -4.55. The molecule has 3 saturated heterocycles. The number of ether oxygens (including phenoxy) is 2. The second-order valence-corrected chi connectivity index (χ2v) is 13.6. The summed E-state index contributed by atoms with van der Waals surface area (Å²) >= 11 is 0. The molecule has 5 atom stereocenters. The Morgan fingerprint density at radius 1 is 1.04 bits per heavy atom. The Morgan fingerprint density at radius 2 is 1.78 bits per heavy atom. The predicted molar refractivity (Wildman–Crippen MR) is 189 cm³/mol. The zero-order chi connectivity index (χ0) is 35.5. The van der Waals surface area contributed by atoms with Gasteiger partial charge in [0.25, 0.3) is 0 Å². The van der Waals surface area contributed by atoms with Gasteiger partial charge in [-0.05, 0) is 75.9 Å². The maximum atomic E-state index is 14.9. The molecule has 2 unspecified atom stereocenters. The van der Waals surface area contributed by atoms with E-state index in [0.717, 1.165) is 18.4 Å². The van der Waals surface area contributed by atoms with E-state index in [0.29, 0.717) is 55.8 Å². The topological polar surface area (TPSA) is 130 Å². The molecule has 12 nitrogen and oxygen atoms in total. The minimum Gasteiger partial charge on any atom is -0.494 e. The third-order valence-corrected chi connectivity index (χ3v) is 10.5. The van der Waals surface area contributed by atoms with Crippen LogP contribution in [0.5, 0.6) is 5.75 Å². The Labute approximate surface area is 293 Å². The third-order valence-electron chi connectivity index (χ3n) is 10.5. The lowest BCUT2D eigenvalue weighted by molar-refractivity contribution is -0.152. The van der Waals surface area contributed by atoms with Crippen LogP contribution in [0.1, 0.15) is 52.4 Å². The van der Waals surface area contributed by atoms with E-state index in [1.807, 2.05) is 62.4 Å². The summed E-state index contributed by atoms with van der Waals surface area (Å²) in [6.45, 7) is 13.2. The third kappa shape index (κ3) is 6.19. The normalized spacial score (nSPS) is 25.1. The van der Waals surface area contributed by atoms with Gasteiger partial charge in [-0.1, -0.05) is 42.3 Å². The fourth-order valence-corrected chi connectivity index (χ4v) is 8.31. The van der Waals surface area contributed by atoms with E-state index in [1.54, 1.807) is 31.5 Å². The quantitative estimate of drug-likeness (QED) is 0.164. The minimum atomic E-state index is -1.18. The van der Waals surface area contributed by atoms with Crippen molar-refractivity contribution in [2.24, 2.45) is 11.8 Å². The summed E-state index contributed by atoms with van der Waals surface area (Å²) in [5.74, 6) is -1.69. The number of aromatic nitrogens is 3. The van der Waals surface area contributed by atoms with Crippen LogP contribution >= 0.6 is 0 Å². The molecule has 1 spiro atoms. The first-order valence-electron chi connectivity index (χ1n) is 17.7. The van der Waals surface area contributed by atoms with E-state index in [9.17, 15) is 19.5 Å². The average Bonchev–Trinajstić information content (AvgIpc) is 3.82. The second-order valence-electron chi connectivity index (χ2n) is 13.6. The van der Waals surface area contributed by atoms with Crippen LogP contribution in [0.25, 0.3) is 11.0 Å². The summed E-state index contributed by atoms with van der Waals surface area (Å²) in [7, 11) is 0. The van der Waals surface area contributed by atoms with Crippen LogP contribution in [0.2, 0.25) is 0 Å². The number of carbonyl (C=O) groups is 3. The predicted octanol–water partition coefficient (Wildman–Crippen LogP) is 4.34. The van der Waals surface area contributed by atoms with Crippen molar-refractivity contribution in [1.82, 2.24) is 24.8 Å². The maximum absolute atomic E-state index is 14.9. The van der Waals surface area contributed by atoms with Crippen LogP contribution < -0.4 is 9.64 Å². The average molecular weight is 685 g/mol. The highest BCUT2D eigenvalue weighted by atomic mass is 16.5. The fourth-order valence-electron chi connectivity index (χ4n) is 8.31. The summed E-state index contributed by atoms with van der Waals surface area (Å²) in [6.07, 6.45) is 7.25. The van der Waals surface area contributed by atoms with E-state index in [2.05, 4.69) is 23.5 Å². The standard InChI is InChI=1S/C38H48N6O6/c1-5-22-41(26-44-30-15-11-10-14-29(30)39-40-44)36(48)33-38-21-20-37(4,50-38)31(32(38)35(47)43(33)24-12-8-9-13-25-45)34(46)42(23-6-2)27-16-18-28(19-17-27)49-7-3/h5-6,10-11,14-19,31-33,45H,1-2,7-9,12-13,20-26H2,3-4H3/t31-,32-,33?,37+,38?/m0/s1. The first-order valence-corrected chi connectivity index (χ1v) is 17.7. The number of fused-ring (bicyclic) bond motifs is 2. The number of para-hydroxylation sites is 1. The summed E-state index contributed by atoms with van der Waals surface area (Å²) in [4.78, 5) is 49.4. The zero-order valence-electron chi connectivity index (χ0n) is 29.1. The lowest BCUT2D eigenvalue weighted by Gasteiger charge is -2.37. The van der Waals surface area contributed by atoms with Gasteiger partial charge in [0.05, 0.1) is 29.6 Å². The van der Waals surface area contributed by atoms with Crippen molar-refractivity contribution in [3.05, 3.63) is 73.8 Å². The smallest absolute Gasteiger partial charge is 0.250 e. The van der Waals surface area contributed by atoms with Gasteiger partial charge in [0.2, 0.25) is 17.7 Å². The monoisotopic (exact) mass is 684 g/mol. The van der Waals surface area contributed by atoms with Gasteiger partial charge in [0, 0.05) is 31.9 Å². The number of benzene rings is 2. The number of carbonyl (C=O) groups excluding carboxylic acids is 3. The van der Waals surface area contributed by atoms with Crippen molar-refractivity contribution < 1.29 is 29.0 Å². The number of aliphatic hydroxyl groups excluding tert-OH is 1. The number of anilines is 1. The zero-order valence-corrected chi connectivity index (χ0v) is 29.1. The molecule has 266 valence electrons. The van der Waals surface area contributed by atoms with E-state index in [1.165, 1.54) is 0 Å². The molecule has 0 radical (unpaired) electrons. The fraction of sp³-hybridized carbons (Fsp3) is 0.500. The Bertz CT molecular complexity index is 1730. The van der Waals surface area contributed by atoms with Crippen LogP contribution in [-0.4, -0.2) is 97.7 Å². The molecular formula is C38H48N6O6. The SMILES string of the molecule is C=CCN(Cn1nnc2ccccc21)C(=O)C1N(CCCCCCO)C(=O)[C@@H]2[C@@H](C(=O)N(CC=C)c3ccc(OCC)cc3)[C@@]3(C)CCC12O3. The molecule has 3 fully saturated rings. The van der Waals surface area contributed by atoms with Crippen LogP contribution in [-0.2, 0) is 25.8 Å². The molecule has 1 aromatic heterocycles. The Kier molecular flexibility index (Phi) is 10.4. The molecule has 0 saturated carbocycles. The van der Waals surface area contributed by atoms with Gasteiger partial charge in [0.1, 0.15) is 29.6 Å². The minimum absolute atomic E-state index is 0.103. The largest absolute Gasteiger partial charge is 0.494 e. The van der Waals surface area contributed by atoms with Crippen molar-refractivity contribution in [2.75, 3.05) is 37.7 Å². The number of likely N-dealkylation sites (tertiary alicyclic amines) is 1. The van der Waals surface area contributed by atoms with Crippen molar-refractivity contribution in [1.29, 1.82) is 0 Å². The van der Waals surface area contributed by atoms with Gasteiger partial charge in [-0.15, -0.1) is 18.3 Å². The molecule has 3 amide bonds. The van der Waals surface area contributed by atoms with Crippen LogP contribution in [0.15, 0.2) is 73.8 Å². The van der Waals surface area contributed by atoms with Gasteiger partial charge in [-0.3, -0.25) is 14.4 Å². The van der Waals surface area contributed by atoms with E-state index in [-0.39, 0.29) is 44.1 Å². The molecule has 12 heteroatoms. The number of hydrogen-bond acceptors (Lipinski definition) is 8. The number of amides is 3. The summed E-state index contributed by atoms with van der Waals surface area (Å²) in [5, 5.41) is 17.9. The van der Waals surface area contributed by atoms with E-state index < -0.39 is 29.1 Å². The van der Waals surface area contributed by atoms with E-state index in [4.69, 9.17) is 9.47 Å². The Morgan fingerprint density at radius 3 is 2.50 bits per heavy atom. The molecule has 4 heterocycles. The van der Waals surface area contributed by atoms with Crippen LogP contribution in [0, 0.1) is 11.8 Å². The molecule has 3 aliphatic heterocycles. The summed E-state index contributed by atoms with van der Waals surface area (Å²) in [6, 6.07) is 13.9. The number of nitrogens with zero attached hydrogens (tertiary/aromatic N) is 6. The maximum Gasteiger partial charge on any atom is 0.250 e. The molecule has 50 heavy (non-hydrogen) atoms.